The quantitative estimate of drug-likeness (QED) is 0.816. The van der Waals surface area contributed by atoms with Crippen LogP contribution in [0.25, 0.3) is 0 Å². The molecule has 1 fully saturated rings. The molecule has 2 rings (SSSR count). The molecule has 0 bridgehead atoms. The van der Waals surface area contributed by atoms with Crippen molar-refractivity contribution in [3.8, 4) is 0 Å². The Kier molecular flexibility index (Phi) is 3.89. The fourth-order valence-corrected chi connectivity index (χ4v) is 2.45. The summed E-state index contributed by atoms with van der Waals surface area (Å²) in [4.78, 5) is 16.2. The molecule has 1 aromatic rings. The van der Waals surface area contributed by atoms with E-state index < -0.39 is 6.10 Å². The van der Waals surface area contributed by atoms with E-state index in [1.54, 1.807) is 18.3 Å². The van der Waals surface area contributed by atoms with E-state index in [-0.39, 0.29) is 11.7 Å². The van der Waals surface area contributed by atoms with Crippen LogP contribution in [0.4, 0.5) is 0 Å². The van der Waals surface area contributed by atoms with Gasteiger partial charge in [0.25, 0.3) is 0 Å². The second-order valence-corrected chi connectivity index (χ2v) is 4.90. The molecule has 0 radical (unpaired) electrons. The maximum Gasteiger partial charge on any atom is 0.193 e. The molecule has 1 aromatic heterocycles. The van der Waals surface area contributed by atoms with Crippen molar-refractivity contribution in [1.29, 1.82) is 0 Å². The molecule has 1 saturated carbocycles. The first-order chi connectivity index (χ1) is 8.18. The first-order valence-corrected chi connectivity index (χ1v) is 6.33. The van der Waals surface area contributed by atoms with Crippen molar-refractivity contribution in [3.05, 3.63) is 29.6 Å². The molecule has 0 aliphatic heterocycles. The lowest BCUT2D eigenvalue weighted by atomic mass is 9.83. The number of Topliss-reactive ketones (excluding diaryl/α,β-unsaturated/α-hetero) is 1. The van der Waals surface area contributed by atoms with E-state index in [4.69, 9.17) is 0 Å². The standard InChI is InChI=1S/C14H19NO2/c1-10-7-8-12(9-15-10)14(17)13(16)11-5-3-2-4-6-11/h7-9,11,13,16H,2-6H2,1H3. The maximum absolute atomic E-state index is 12.1. The largest absolute Gasteiger partial charge is 0.385 e. The van der Waals surface area contributed by atoms with Gasteiger partial charge in [-0.3, -0.25) is 9.78 Å². The number of carbonyl (C=O) groups excluding carboxylic acids is 1. The molecule has 92 valence electrons. The molecular formula is C14H19NO2. The fourth-order valence-electron chi connectivity index (χ4n) is 2.45. The zero-order valence-corrected chi connectivity index (χ0v) is 10.2. The number of nitrogens with zero attached hydrogens (tertiary/aromatic N) is 1. The van der Waals surface area contributed by atoms with Gasteiger partial charge >= 0.3 is 0 Å². The molecule has 1 aliphatic carbocycles. The fraction of sp³-hybridized carbons (Fsp3) is 0.571. The molecule has 1 heterocycles. The van der Waals surface area contributed by atoms with Crippen LogP contribution in [0.2, 0.25) is 0 Å². The van der Waals surface area contributed by atoms with Gasteiger partial charge in [-0.05, 0) is 37.8 Å². The molecule has 1 atom stereocenters. The van der Waals surface area contributed by atoms with Crippen molar-refractivity contribution in [2.24, 2.45) is 5.92 Å². The summed E-state index contributed by atoms with van der Waals surface area (Å²) in [6, 6.07) is 3.55. The third-order valence-corrected chi connectivity index (χ3v) is 3.56. The van der Waals surface area contributed by atoms with Gasteiger partial charge in [0, 0.05) is 17.5 Å². The van der Waals surface area contributed by atoms with Gasteiger partial charge in [0.2, 0.25) is 0 Å². The summed E-state index contributed by atoms with van der Waals surface area (Å²) < 4.78 is 0. The second-order valence-electron chi connectivity index (χ2n) is 4.90. The van der Waals surface area contributed by atoms with Gasteiger partial charge in [0.1, 0.15) is 6.10 Å². The number of carbonyl (C=O) groups is 1. The van der Waals surface area contributed by atoms with Crippen LogP contribution in [-0.4, -0.2) is 22.0 Å². The number of aliphatic hydroxyl groups excluding tert-OH is 1. The normalized spacial score (nSPS) is 18.9. The highest BCUT2D eigenvalue weighted by Crippen LogP contribution is 2.27. The lowest BCUT2D eigenvalue weighted by molar-refractivity contribution is 0.0534. The van der Waals surface area contributed by atoms with Crippen LogP contribution in [0, 0.1) is 12.8 Å². The van der Waals surface area contributed by atoms with Crippen LogP contribution in [-0.2, 0) is 0 Å². The van der Waals surface area contributed by atoms with Gasteiger partial charge in [-0.25, -0.2) is 0 Å². The van der Waals surface area contributed by atoms with Crippen molar-refractivity contribution in [2.45, 2.75) is 45.1 Å². The minimum Gasteiger partial charge on any atom is -0.385 e. The van der Waals surface area contributed by atoms with Crippen molar-refractivity contribution < 1.29 is 9.90 Å². The van der Waals surface area contributed by atoms with Gasteiger partial charge < -0.3 is 5.11 Å². The Labute approximate surface area is 102 Å². The van der Waals surface area contributed by atoms with Gasteiger partial charge in [-0.1, -0.05) is 19.3 Å². The number of hydrogen-bond donors (Lipinski definition) is 1. The molecular weight excluding hydrogens is 214 g/mol. The van der Waals surface area contributed by atoms with Crippen molar-refractivity contribution in [1.82, 2.24) is 4.98 Å². The summed E-state index contributed by atoms with van der Waals surface area (Å²) in [5.74, 6) is -0.0399. The number of aliphatic hydroxyl groups is 1. The van der Waals surface area contributed by atoms with E-state index in [0.29, 0.717) is 5.56 Å². The lowest BCUT2D eigenvalue weighted by Crippen LogP contribution is -2.31. The molecule has 3 heteroatoms. The highest BCUT2D eigenvalue weighted by molar-refractivity contribution is 5.99. The topological polar surface area (TPSA) is 50.2 Å². The Balaban J connectivity index is 2.05. The molecule has 0 saturated heterocycles. The monoisotopic (exact) mass is 233 g/mol. The number of rotatable bonds is 3. The Hall–Kier alpha value is -1.22. The van der Waals surface area contributed by atoms with E-state index in [1.807, 2.05) is 6.92 Å². The average Bonchev–Trinajstić information content (AvgIpc) is 2.39. The molecule has 1 aliphatic rings. The summed E-state index contributed by atoms with van der Waals surface area (Å²) >= 11 is 0. The number of pyridine rings is 1. The highest BCUT2D eigenvalue weighted by Gasteiger charge is 2.28. The van der Waals surface area contributed by atoms with E-state index >= 15 is 0 Å². The first kappa shape index (κ1) is 12.2. The average molecular weight is 233 g/mol. The van der Waals surface area contributed by atoms with Crippen LogP contribution in [0.15, 0.2) is 18.3 Å². The Morgan fingerprint density at radius 3 is 2.65 bits per heavy atom. The molecule has 1 N–H and O–H groups in total. The van der Waals surface area contributed by atoms with Crippen molar-refractivity contribution in [2.75, 3.05) is 0 Å². The molecule has 3 nitrogen and oxygen atoms in total. The van der Waals surface area contributed by atoms with Gasteiger partial charge in [-0.15, -0.1) is 0 Å². The van der Waals surface area contributed by atoms with Crippen molar-refractivity contribution >= 4 is 5.78 Å². The summed E-state index contributed by atoms with van der Waals surface area (Å²) in [7, 11) is 0. The highest BCUT2D eigenvalue weighted by atomic mass is 16.3. The van der Waals surface area contributed by atoms with Crippen LogP contribution >= 0.6 is 0 Å². The lowest BCUT2D eigenvalue weighted by Gasteiger charge is -2.25. The number of aromatic nitrogens is 1. The van der Waals surface area contributed by atoms with E-state index in [1.165, 1.54) is 6.42 Å². The molecule has 0 aromatic carbocycles. The Morgan fingerprint density at radius 2 is 2.06 bits per heavy atom. The minimum atomic E-state index is -0.847. The van der Waals surface area contributed by atoms with Crippen LogP contribution < -0.4 is 0 Å². The summed E-state index contributed by atoms with van der Waals surface area (Å²) in [5, 5.41) is 10.1. The number of ketones is 1. The third-order valence-electron chi connectivity index (χ3n) is 3.56. The number of aryl methyl sites for hydroxylation is 1. The van der Waals surface area contributed by atoms with E-state index in [2.05, 4.69) is 4.98 Å². The predicted molar refractivity (Wildman–Crippen MR) is 65.9 cm³/mol. The smallest absolute Gasteiger partial charge is 0.193 e. The van der Waals surface area contributed by atoms with E-state index in [9.17, 15) is 9.90 Å². The molecule has 17 heavy (non-hydrogen) atoms. The van der Waals surface area contributed by atoms with Crippen LogP contribution in [0.3, 0.4) is 0 Å². The third kappa shape index (κ3) is 2.91. The summed E-state index contributed by atoms with van der Waals surface area (Å²) in [6.07, 6.45) is 6.12. The van der Waals surface area contributed by atoms with Gasteiger partial charge in [0.15, 0.2) is 5.78 Å². The zero-order valence-electron chi connectivity index (χ0n) is 10.2. The predicted octanol–water partition coefficient (Wildman–Crippen LogP) is 2.51. The van der Waals surface area contributed by atoms with Gasteiger partial charge in [0.05, 0.1) is 0 Å². The Morgan fingerprint density at radius 1 is 1.35 bits per heavy atom. The number of hydrogen-bond acceptors (Lipinski definition) is 3. The summed E-state index contributed by atoms with van der Waals surface area (Å²) in [6.45, 7) is 1.88. The minimum absolute atomic E-state index is 0.137. The second kappa shape index (κ2) is 5.41. The SMILES string of the molecule is Cc1ccc(C(=O)C(O)C2CCCCC2)cn1. The molecule has 0 amide bonds. The van der Waals surface area contributed by atoms with E-state index in [0.717, 1.165) is 31.4 Å². The molecule has 0 spiro atoms. The summed E-state index contributed by atoms with van der Waals surface area (Å²) in [5.41, 5.74) is 1.40. The van der Waals surface area contributed by atoms with Crippen LogP contribution in [0.5, 0.6) is 0 Å². The van der Waals surface area contributed by atoms with Crippen molar-refractivity contribution in [3.63, 3.8) is 0 Å². The first-order valence-electron chi connectivity index (χ1n) is 6.33. The van der Waals surface area contributed by atoms with Gasteiger partial charge in [-0.2, -0.15) is 0 Å². The Bertz CT molecular complexity index is 380. The van der Waals surface area contributed by atoms with Crippen LogP contribution in [0.1, 0.15) is 48.2 Å². The maximum atomic E-state index is 12.1. The zero-order chi connectivity index (χ0) is 12.3. The molecule has 1 unspecified atom stereocenters.